The van der Waals surface area contributed by atoms with E-state index in [0.717, 1.165) is 22.4 Å². The van der Waals surface area contributed by atoms with E-state index in [4.69, 9.17) is 9.52 Å². The molecule has 173 valence electrons. The summed E-state index contributed by atoms with van der Waals surface area (Å²) in [6.07, 6.45) is 5.56. The van der Waals surface area contributed by atoms with Gasteiger partial charge in [0, 0.05) is 48.8 Å². The van der Waals surface area contributed by atoms with Crippen LogP contribution in [0.4, 0.5) is 0 Å². The van der Waals surface area contributed by atoms with E-state index in [1.165, 1.54) is 54.7 Å². The number of aromatic nitrogens is 1. The van der Waals surface area contributed by atoms with Gasteiger partial charge in [-0.05, 0) is 61.8 Å². The Morgan fingerprint density at radius 1 is 1.12 bits per heavy atom. The monoisotopic (exact) mass is 619 g/mol. The first-order chi connectivity index (χ1) is 15.4. The molecule has 0 amide bonds. The molecule has 1 radical (unpaired) electrons. The number of aliphatic hydroxyl groups excluding tert-OH is 1. The Morgan fingerprint density at radius 3 is 2.52 bits per heavy atom. The number of fused-ring (bicyclic) bond motifs is 5. The van der Waals surface area contributed by atoms with Crippen LogP contribution < -0.4 is 0 Å². The summed E-state index contributed by atoms with van der Waals surface area (Å²) < 4.78 is 6.31. The Kier molecular flexibility index (Phi) is 7.88. The first-order valence-corrected chi connectivity index (χ1v) is 11.1. The van der Waals surface area contributed by atoms with E-state index in [0.29, 0.717) is 11.8 Å². The number of benzene rings is 2. The molecule has 1 aliphatic rings. The fourth-order valence-electron chi connectivity index (χ4n) is 4.62. The molecule has 1 aliphatic carbocycles. The Labute approximate surface area is 208 Å². The van der Waals surface area contributed by atoms with Crippen LogP contribution in [0.5, 0.6) is 0 Å². The third kappa shape index (κ3) is 5.10. The second-order valence-electron chi connectivity index (χ2n) is 8.63. The zero-order valence-corrected chi connectivity index (χ0v) is 21.7. The normalized spacial score (nSPS) is 17.6. The van der Waals surface area contributed by atoms with Gasteiger partial charge in [-0.2, -0.15) is 0 Å². The molecule has 2 aromatic carbocycles. The SMILES string of the molecule is CC(=O)/C=C(/C)O.CC1CCC(C)c2c1ccc1oc3c(-c4[c-]cccc4)nccc3c21.[Ir]. The minimum absolute atomic E-state index is 0. The Hall–Kier alpha value is -2.75. The fourth-order valence-corrected chi connectivity index (χ4v) is 4.62. The fraction of sp³-hybridized carbons (Fsp3) is 0.286. The molecule has 0 saturated heterocycles. The number of nitrogens with zero attached hydrogens (tertiary/aromatic N) is 1. The van der Waals surface area contributed by atoms with Crippen LogP contribution in [0, 0.1) is 6.07 Å². The third-order valence-electron chi connectivity index (χ3n) is 6.06. The van der Waals surface area contributed by atoms with Crippen molar-refractivity contribution in [3.8, 4) is 11.3 Å². The number of allylic oxidation sites excluding steroid dienone is 2. The molecule has 4 nitrogen and oxygen atoms in total. The summed E-state index contributed by atoms with van der Waals surface area (Å²) in [7, 11) is 0. The molecular formula is C28H28IrNO3-. The van der Waals surface area contributed by atoms with E-state index in [-0.39, 0.29) is 31.6 Å². The predicted octanol–water partition coefficient (Wildman–Crippen LogP) is 7.48. The molecule has 5 heteroatoms. The molecule has 0 aliphatic heterocycles. The summed E-state index contributed by atoms with van der Waals surface area (Å²) in [4.78, 5) is 14.6. The van der Waals surface area contributed by atoms with Gasteiger partial charge in [0.2, 0.25) is 0 Å². The molecule has 33 heavy (non-hydrogen) atoms. The van der Waals surface area contributed by atoms with Crippen molar-refractivity contribution in [1.82, 2.24) is 4.98 Å². The number of furan rings is 1. The van der Waals surface area contributed by atoms with Gasteiger partial charge < -0.3 is 14.5 Å². The van der Waals surface area contributed by atoms with Crippen LogP contribution in [-0.4, -0.2) is 15.9 Å². The standard InChI is InChI=1S/C23H20NO.C5H8O2.Ir/c1-14-8-9-15(2)20-17(14)10-11-19-21(20)18-12-13-24-22(23(18)25-19)16-6-4-3-5-7-16;1-4(6)3-5(2)7;/h3-6,10-15H,8-9H2,1-2H3;3,6H,1-2H3;/q-1;;/b;4-3-;. The zero-order chi connectivity index (χ0) is 22.8. The van der Waals surface area contributed by atoms with Crippen molar-refractivity contribution in [2.75, 3.05) is 0 Å². The Bertz CT molecular complexity index is 1300. The molecule has 0 saturated carbocycles. The average Bonchev–Trinajstić information content (AvgIpc) is 3.15. The van der Waals surface area contributed by atoms with Crippen molar-refractivity contribution in [2.45, 2.75) is 52.4 Å². The minimum Gasteiger partial charge on any atom is -0.512 e. The first kappa shape index (κ1) is 24.9. The maximum atomic E-state index is 10.0. The number of ketones is 1. The summed E-state index contributed by atoms with van der Waals surface area (Å²) in [5.74, 6) is 1.12. The van der Waals surface area contributed by atoms with Gasteiger partial charge in [-0.15, -0.1) is 35.9 Å². The molecular weight excluding hydrogens is 591 g/mol. The van der Waals surface area contributed by atoms with Crippen molar-refractivity contribution >= 4 is 27.7 Å². The van der Waals surface area contributed by atoms with E-state index in [9.17, 15) is 4.79 Å². The van der Waals surface area contributed by atoms with E-state index in [1.807, 2.05) is 30.5 Å². The molecule has 2 unspecified atom stereocenters. The van der Waals surface area contributed by atoms with Crippen LogP contribution in [0.15, 0.2) is 64.9 Å². The van der Waals surface area contributed by atoms with E-state index >= 15 is 0 Å². The summed E-state index contributed by atoms with van der Waals surface area (Å²) in [5.41, 5.74) is 6.66. The average molecular weight is 619 g/mol. The van der Waals surface area contributed by atoms with Crippen LogP contribution in [0.3, 0.4) is 0 Å². The maximum absolute atomic E-state index is 10.0. The first-order valence-electron chi connectivity index (χ1n) is 11.1. The summed E-state index contributed by atoms with van der Waals surface area (Å²) in [6, 6.07) is 17.7. The maximum Gasteiger partial charge on any atom is 0.155 e. The minimum atomic E-state index is -0.125. The third-order valence-corrected chi connectivity index (χ3v) is 6.06. The van der Waals surface area contributed by atoms with Crippen molar-refractivity contribution in [2.24, 2.45) is 0 Å². The van der Waals surface area contributed by atoms with Gasteiger partial charge in [0.25, 0.3) is 0 Å². The van der Waals surface area contributed by atoms with Crippen molar-refractivity contribution < 1.29 is 34.4 Å². The van der Waals surface area contributed by atoms with E-state index in [1.54, 1.807) is 0 Å². The van der Waals surface area contributed by atoms with Gasteiger partial charge in [0.1, 0.15) is 11.2 Å². The second-order valence-corrected chi connectivity index (χ2v) is 8.63. The van der Waals surface area contributed by atoms with E-state index in [2.05, 4.69) is 43.1 Å². The molecule has 0 spiro atoms. The Balaban J connectivity index is 0.000000337. The van der Waals surface area contributed by atoms with Crippen LogP contribution in [0.1, 0.15) is 63.5 Å². The van der Waals surface area contributed by atoms with Gasteiger partial charge in [-0.3, -0.25) is 4.79 Å². The van der Waals surface area contributed by atoms with Crippen LogP contribution in [-0.2, 0) is 24.9 Å². The number of carbonyl (C=O) groups excluding carboxylic acids is 1. The number of hydrogen-bond acceptors (Lipinski definition) is 4. The number of pyridine rings is 1. The summed E-state index contributed by atoms with van der Waals surface area (Å²) in [5, 5.41) is 10.8. The molecule has 2 heterocycles. The van der Waals surface area contributed by atoms with Gasteiger partial charge in [0.05, 0.1) is 5.76 Å². The van der Waals surface area contributed by atoms with Crippen molar-refractivity contribution in [3.63, 3.8) is 0 Å². The molecule has 4 aromatic rings. The number of carbonyl (C=O) groups is 1. The number of aliphatic hydroxyl groups is 1. The van der Waals surface area contributed by atoms with Crippen molar-refractivity contribution in [3.05, 3.63) is 77.7 Å². The molecule has 0 fully saturated rings. The van der Waals surface area contributed by atoms with Gasteiger partial charge >= 0.3 is 0 Å². The van der Waals surface area contributed by atoms with Crippen molar-refractivity contribution in [1.29, 1.82) is 0 Å². The van der Waals surface area contributed by atoms with Crippen LogP contribution in [0.2, 0.25) is 0 Å². The van der Waals surface area contributed by atoms with Gasteiger partial charge in [-0.1, -0.05) is 19.9 Å². The quantitative estimate of drug-likeness (QED) is 0.144. The molecule has 0 bridgehead atoms. The predicted molar refractivity (Wildman–Crippen MR) is 129 cm³/mol. The van der Waals surface area contributed by atoms with Crippen LogP contribution in [0.25, 0.3) is 33.2 Å². The molecule has 5 rings (SSSR count). The largest absolute Gasteiger partial charge is 0.512 e. The number of hydrogen-bond donors (Lipinski definition) is 1. The van der Waals surface area contributed by atoms with Gasteiger partial charge in [0.15, 0.2) is 5.78 Å². The summed E-state index contributed by atoms with van der Waals surface area (Å²) >= 11 is 0. The van der Waals surface area contributed by atoms with E-state index < -0.39 is 0 Å². The van der Waals surface area contributed by atoms with Crippen LogP contribution >= 0.6 is 0 Å². The van der Waals surface area contributed by atoms with Gasteiger partial charge in [-0.25, -0.2) is 0 Å². The number of rotatable bonds is 2. The zero-order valence-electron chi connectivity index (χ0n) is 19.3. The molecule has 2 atom stereocenters. The topological polar surface area (TPSA) is 63.3 Å². The second kappa shape index (κ2) is 10.5. The Morgan fingerprint density at radius 2 is 1.88 bits per heavy atom. The molecule has 2 aromatic heterocycles. The molecule has 1 N–H and O–H groups in total. The smallest absolute Gasteiger partial charge is 0.155 e. The summed E-state index contributed by atoms with van der Waals surface area (Å²) in [6.45, 7) is 7.53.